The molecular weight excluding hydrogens is 544 g/mol. The monoisotopic (exact) mass is 582 g/mol. The molecule has 0 amide bonds. The smallest absolute Gasteiger partial charge is 0.340 e. The van der Waals surface area contributed by atoms with Gasteiger partial charge in [0.2, 0.25) is 0 Å². The van der Waals surface area contributed by atoms with E-state index in [1.807, 2.05) is 45.9 Å². The molecule has 0 fully saturated rings. The molecule has 0 unspecified atom stereocenters. The molecule has 224 valence electrons. The Kier molecular flexibility index (Phi) is 8.35. The largest absolute Gasteiger partial charge is 0.468 e. The van der Waals surface area contributed by atoms with Crippen molar-refractivity contribution in [1.82, 2.24) is 19.9 Å². The van der Waals surface area contributed by atoms with Gasteiger partial charge < -0.3 is 19.4 Å². The highest BCUT2D eigenvalue weighted by atomic mass is 16.5. The lowest BCUT2D eigenvalue weighted by Crippen LogP contribution is -2.07. The van der Waals surface area contributed by atoms with Crippen molar-refractivity contribution in [3.63, 3.8) is 0 Å². The van der Waals surface area contributed by atoms with Gasteiger partial charge in [-0.25, -0.2) is 9.78 Å². The maximum absolute atomic E-state index is 13.2. The minimum Gasteiger partial charge on any atom is -0.468 e. The van der Waals surface area contributed by atoms with Crippen molar-refractivity contribution in [3.05, 3.63) is 68.8 Å². The number of aryl methyl sites for hydroxylation is 3. The van der Waals surface area contributed by atoms with Gasteiger partial charge in [-0.2, -0.15) is 0 Å². The van der Waals surface area contributed by atoms with Gasteiger partial charge in [0, 0.05) is 39.8 Å². The third kappa shape index (κ3) is 5.17. The Balaban J connectivity index is 1.94. The Labute approximate surface area is 250 Å². The standard InChI is InChI=1S/C34H38N4O5/c1-8-22-17(2)26-13-30-24(15-39)19(4)25(36-30)12-27-18(3)23(10-9-11-43-16-40)32(37-27)21(6)33-31(34(41)42-7)20(5)28(38-33)14-29(22)35-26/h12-16,18,23,36,38H,8-11H2,1-7H3/t18-,23-/m0/s1. The molecule has 2 N–H and O–H groups in total. The summed E-state index contributed by atoms with van der Waals surface area (Å²) in [7, 11) is 1.39. The molecule has 2 aliphatic rings. The van der Waals surface area contributed by atoms with Crippen molar-refractivity contribution in [3.8, 4) is 0 Å². The van der Waals surface area contributed by atoms with Crippen molar-refractivity contribution in [2.75, 3.05) is 13.7 Å². The number of nitrogens with zero attached hydrogens (tertiary/aromatic N) is 2. The molecule has 5 heterocycles. The van der Waals surface area contributed by atoms with Crippen LogP contribution >= 0.6 is 0 Å². The molecule has 0 spiro atoms. The van der Waals surface area contributed by atoms with E-state index in [0.29, 0.717) is 41.7 Å². The molecule has 8 bridgehead atoms. The highest BCUT2D eigenvalue weighted by Gasteiger charge is 2.31. The van der Waals surface area contributed by atoms with E-state index in [1.165, 1.54) is 7.11 Å². The number of aromatic nitrogens is 4. The van der Waals surface area contributed by atoms with Gasteiger partial charge in [-0.15, -0.1) is 0 Å². The van der Waals surface area contributed by atoms with Gasteiger partial charge >= 0.3 is 5.97 Å². The second kappa shape index (κ2) is 12.0. The van der Waals surface area contributed by atoms with Crippen LogP contribution in [-0.2, 0) is 14.3 Å². The lowest BCUT2D eigenvalue weighted by atomic mass is 9.86. The fraction of sp³-hybridized carbons (Fsp3) is 0.382. The Morgan fingerprint density at radius 3 is 2.35 bits per heavy atom. The van der Waals surface area contributed by atoms with Crippen LogP contribution in [0, 0.1) is 20.8 Å². The molecule has 0 aliphatic carbocycles. The van der Waals surface area contributed by atoms with Crippen molar-refractivity contribution >= 4 is 51.9 Å². The van der Waals surface area contributed by atoms with Crippen molar-refractivity contribution in [1.29, 1.82) is 0 Å². The summed E-state index contributed by atoms with van der Waals surface area (Å²) in [4.78, 5) is 53.3. The van der Waals surface area contributed by atoms with Gasteiger partial charge in [-0.1, -0.05) is 13.8 Å². The third-order valence-electron chi connectivity index (χ3n) is 9.03. The van der Waals surface area contributed by atoms with Crippen molar-refractivity contribution in [2.24, 2.45) is 0 Å². The predicted molar refractivity (Wildman–Crippen MR) is 167 cm³/mol. The van der Waals surface area contributed by atoms with Crippen LogP contribution in [0.1, 0.15) is 112 Å². The number of ether oxygens (including phenoxy) is 2. The van der Waals surface area contributed by atoms with E-state index in [0.717, 1.165) is 80.8 Å². The van der Waals surface area contributed by atoms with Gasteiger partial charge in [-0.3, -0.25) is 14.6 Å². The Hall–Kier alpha value is -4.53. The highest BCUT2D eigenvalue weighted by molar-refractivity contribution is 6.03. The number of aromatic amines is 2. The van der Waals surface area contributed by atoms with Crippen LogP contribution in [0.15, 0.2) is 18.2 Å². The molecule has 3 aromatic rings. The zero-order valence-electron chi connectivity index (χ0n) is 25.8. The number of rotatable bonds is 8. The first kappa shape index (κ1) is 29.9. The quantitative estimate of drug-likeness (QED) is 0.166. The Morgan fingerprint density at radius 2 is 1.67 bits per heavy atom. The van der Waals surface area contributed by atoms with Gasteiger partial charge in [-0.05, 0) is 93.0 Å². The number of carbonyl (C=O) groups excluding carboxylic acids is 3. The summed E-state index contributed by atoms with van der Waals surface area (Å²) >= 11 is 0. The molecule has 0 saturated heterocycles. The van der Waals surface area contributed by atoms with E-state index in [2.05, 4.69) is 23.8 Å². The average molecular weight is 583 g/mol. The maximum atomic E-state index is 13.2. The number of nitrogens with one attached hydrogen (secondary N) is 2. The number of fused-ring (bicyclic) bond motifs is 8. The number of carbonyl (C=O) groups is 3. The Bertz CT molecular complexity index is 1830. The average Bonchev–Trinajstić information content (AvgIpc) is 3.68. The van der Waals surface area contributed by atoms with E-state index in [9.17, 15) is 14.4 Å². The second-order valence-electron chi connectivity index (χ2n) is 11.3. The summed E-state index contributed by atoms with van der Waals surface area (Å²) < 4.78 is 10.2. The lowest BCUT2D eigenvalue weighted by Gasteiger charge is -2.17. The number of aldehydes is 1. The third-order valence-corrected chi connectivity index (χ3v) is 9.03. The van der Waals surface area contributed by atoms with Gasteiger partial charge in [0.05, 0.1) is 41.7 Å². The van der Waals surface area contributed by atoms with E-state index in [4.69, 9.17) is 19.4 Å². The van der Waals surface area contributed by atoms with E-state index in [-0.39, 0.29) is 11.8 Å². The molecule has 3 aromatic heterocycles. The summed E-state index contributed by atoms with van der Waals surface area (Å²) in [5.41, 5.74) is 11.9. The van der Waals surface area contributed by atoms with Crippen molar-refractivity contribution in [2.45, 2.75) is 72.6 Å². The molecular formula is C34H38N4O5. The van der Waals surface area contributed by atoms with Gasteiger partial charge in [0.25, 0.3) is 6.47 Å². The first-order chi connectivity index (χ1) is 20.6. The number of methoxy groups -OCH3 is 1. The second-order valence-corrected chi connectivity index (χ2v) is 11.3. The number of hydrogen-bond acceptors (Lipinski definition) is 7. The maximum Gasteiger partial charge on any atom is 0.340 e. The van der Waals surface area contributed by atoms with E-state index in [1.54, 1.807) is 0 Å². The molecule has 5 rings (SSSR count). The Morgan fingerprint density at radius 1 is 0.953 bits per heavy atom. The fourth-order valence-electron chi connectivity index (χ4n) is 6.46. The van der Waals surface area contributed by atoms with Crippen molar-refractivity contribution < 1.29 is 23.9 Å². The summed E-state index contributed by atoms with van der Waals surface area (Å²) in [5.74, 6) is -0.381. The normalized spacial score (nSPS) is 16.3. The van der Waals surface area contributed by atoms with Crippen LogP contribution < -0.4 is 0 Å². The highest BCUT2D eigenvalue weighted by Crippen LogP contribution is 2.42. The summed E-state index contributed by atoms with van der Waals surface area (Å²) in [6.45, 7) is 12.9. The van der Waals surface area contributed by atoms with Crippen LogP contribution in [-0.4, -0.2) is 52.4 Å². The molecule has 43 heavy (non-hydrogen) atoms. The number of allylic oxidation sites excluding steroid dienone is 2. The molecule has 0 aromatic carbocycles. The predicted octanol–water partition coefficient (Wildman–Crippen LogP) is 7.02. The van der Waals surface area contributed by atoms with Crippen LogP contribution in [0.2, 0.25) is 0 Å². The minimum atomic E-state index is -0.425. The SMILES string of the molecule is CCC1=C(C)c2cc3[nH]c(cc4nc(c(C)c5[nH]c(cc1n2)c(C)c5C(=O)OC)[C@@H](CCCOC=O)[C@@H]4C)c(C)c3C=O. The van der Waals surface area contributed by atoms with Crippen LogP contribution in [0.4, 0.5) is 0 Å². The zero-order valence-corrected chi connectivity index (χ0v) is 25.8. The summed E-state index contributed by atoms with van der Waals surface area (Å²) in [6, 6.07) is 5.93. The number of hydrogen-bond donors (Lipinski definition) is 2. The summed E-state index contributed by atoms with van der Waals surface area (Å²) in [5, 5.41) is 0. The van der Waals surface area contributed by atoms with Gasteiger partial charge in [0.1, 0.15) is 0 Å². The summed E-state index contributed by atoms with van der Waals surface area (Å²) in [6.07, 6.45) is 3.06. The molecule has 9 nitrogen and oxygen atoms in total. The minimum absolute atomic E-state index is 0.0128. The first-order valence-electron chi connectivity index (χ1n) is 14.7. The first-order valence-corrected chi connectivity index (χ1v) is 14.7. The molecule has 2 aliphatic heterocycles. The molecule has 9 heteroatoms. The van der Waals surface area contributed by atoms with Crippen LogP contribution in [0.3, 0.4) is 0 Å². The topological polar surface area (TPSA) is 127 Å². The van der Waals surface area contributed by atoms with Crippen LogP contribution in [0.5, 0.6) is 0 Å². The molecule has 0 radical (unpaired) electrons. The number of H-pyrrole nitrogens is 2. The van der Waals surface area contributed by atoms with E-state index < -0.39 is 5.97 Å². The van der Waals surface area contributed by atoms with Crippen LogP contribution in [0.25, 0.3) is 33.2 Å². The van der Waals surface area contributed by atoms with E-state index >= 15 is 0 Å². The number of esters is 1. The fourth-order valence-corrected chi connectivity index (χ4v) is 6.46. The van der Waals surface area contributed by atoms with Gasteiger partial charge in [0.15, 0.2) is 6.29 Å². The lowest BCUT2D eigenvalue weighted by molar-refractivity contribution is -0.128. The molecule has 0 saturated carbocycles. The molecule has 2 atom stereocenters. The zero-order chi connectivity index (χ0) is 31.0.